The van der Waals surface area contributed by atoms with Gasteiger partial charge in [-0.1, -0.05) is 52.3 Å². The lowest BCUT2D eigenvalue weighted by molar-refractivity contribution is 0.143. The van der Waals surface area contributed by atoms with Crippen LogP contribution in [-0.4, -0.2) is 11.2 Å². The summed E-state index contributed by atoms with van der Waals surface area (Å²) in [7, 11) is 0. The van der Waals surface area contributed by atoms with Crippen molar-refractivity contribution in [3.8, 4) is 0 Å². The molecule has 2 aromatic carbocycles. The molecule has 0 heterocycles. The van der Waals surface area contributed by atoms with Crippen molar-refractivity contribution in [1.82, 2.24) is 0 Å². The van der Waals surface area contributed by atoms with Crippen LogP contribution < -0.4 is 0 Å². The van der Waals surface area contributed by atoms with Gasteiger partial charge in [0, 0.05) is 10.4 Å². The van der Waals surface area contributed by atoms with Gasteiger partial charge in [-0.05, 0) is 48.1 Å². The molecule has 0 bridgehead atoms. The Morgan fingerprint density at radius 1 is 1.11 bits per heavy atom. The quantitative estimate of drug-likeness (QED) is 0.904. The predicted molar refractivity (Wildman–Crippen MR) is 81.4 cm³/mol. The van der Waals surface area contributed by atoms with E-state index in [9.17, 15) is 5.11 Å². The summed E-state index contributed by atoms with van der Waals surface area (Å²) >= 11 is 3.44. The third kappa shape index (κ3) is 2.75. The zero-order chi connectivity index (χ0) is 13.2. The van der Waals surface area contributed by atoms with Gasteiger partial charge >= 0.3 is 0 Å². The van der Waals surface area contributed by atoms with E-state index in [0.717, 1.165) is 23.7 Å². The normalized spacial score (nSPS) is 19.2. The molecule has 0 fully saturated rings. The summed E-state index contributed by atoms with van der Waals surface area (Å²) in [6, 6.07) is 16.7. The van der Waals surface area contributed by atoms with E-state index in [1.807, 2.05) is 12.1 Å². The monoisotopic (exact) mass is 316 g/mol. The lowest BCUT2D eigenvalue weighted by Crippen LogP contribution is -2.19. The van der Waals surface area contributed by atoms with E-state index in [1.54, 1.807) is 0 Å². The predicted octanol–water partition coefficient (Wildman–Crippen LogP) is 4.08. The molecule has 0 saturated carbocycles. The Morgan fingerprint density at radius 3 is 2.63 bits per heavy atom. The van der Waals surface area contributed by atoms with Crippen LogP contribution in [0.3, 0.4) is 0 Å². The lowest BCUT2D eigenvalue weighted by Gasteiger charge is -2.19. The number of halogens is 1. The van der Waals surface area contributed by atoms with Crippen molar-refractivity contribution in [3.05, 3.63) is 69.7 Å². The number of hydrogen-bond donors (Lipinski definition) is 1. The molecule has 98 valence electrons. The Balaban J connectivity index is 1.75. The minimum Gasteiger partial charge on any atom is -0.392 e. The summed E-state index contributed by atoms with van der Waals surface area (Å²) in [6.45, 7) is 0. The molecule has 1 nitrogen and oxygen atoms in total. The molecule has 2 heteroatoms. The lowest BCUT2D eigenvalue weighted by atomic mass is 9.91. The average molecular weight is 317 g/mol. The summed E-state index contributed by atoms with van der Waals surface area (Å²) in [4.78, 5) is 0. The Hall–Kier alpha value is -1.12. The Kier molecular flexibility index (Phi) is 3.72. The number of aliphatic hydroxyl groups excluding tert-OH is 1. The number of fused-ring (bicyclic) bond motifs is 1. The van der Waals surface area contributed by atoms with E-state index in [4.69, 9.17) is 0 Å². The number of benzene rings is 2. The molecule has 0 spiro atoms. The first-order valence-corrected chi connectivity index (χ1v) is 7.53. The Bertz CT molecular complexity index is 562. The van der Waals surface area contributed by atoms with Crippen LogP contribution >= 0.6 is 15.9 Å². The summed E-state index contributed by atoms with van der Waals surface area (Å²) < 4.78 is 1.08. The van der Waals surface area contributed by atoms with E-state index in [1.165, 1.54) is 16.7 Å². The number of aliphatic hydroxyl groups is 1. The zero-order valence-corrected chi connectivity index (χ0v) is 12.3. The van der Waals surface area contributed by atoms with E-state index in [-0.39, 0.29) is 6.10 Å². The Morgan fingerprint density at radius 2 is 1.84 bits per heavy atom. The first-order chi connectivity index (χ1) is 9.24. The molecule has 2 unspecified atom stereocenters. The van der Waals surface area contributed by atoms with Crippen molar-refractivity contribution in [2.24, 2.45) is 0 Å². The van der Waals surface area contributed by atoms with E-state index < -0.39 is 0 Å². The highest BCUT2D eigenvalue weighted by Gasteiger charge is 2.28. The van der Waals surface area contributed by atoms with E-state index in [0.29, 0.717) is 5.92 Å². The van der Waals surface area contributed by atoms with Gasteiger partial charge < -0.3 is 5.11 Å². The summed E-state index contributed by atoms with van der Waals surface area (Å²) in [5.41, 5.74) is 3.94. The third-order valence-electron chi connectivity index (χ3n) is 4.00. The van der Waals surface area contributed by atoms with Crippen LogP contribution in [0.5, 0.6) is 0 Å². The van der Waals surface area contributed by atoms with Crippen LogP contribution in [0, 0.1) is 0 Å². The molecule has 1 aliphatic rings. The second-order valence-electron chi connectivity index (χ2n) is 5.24. The van der Waals surface area contributed by atoms with Gasteiger partial charge in [0.05, 0.1) is 6.10 Å². The summed E-state index contributed by atoms with van der Waals surface area (Å²) in [6.07, 6.45) is 2.60. The van der Waals surface area contributed by atoms with E-state index in [2.05, 4.69) is 52.3 Å². The molecular formula is C17H17BrO. The number of hydrogen-bond acceptors (Lipinski definition) is 1. The smallest absolute Gasteiger partial charge is 0.0649 e. The minimum absolute atomic E-state index is 0.287. The fourth-order valence-corrected chi connectivity index (χ4v) is 3.26. The zero-order valence-electron chi connectivity index (χ0n) is 10.7. The van der Waals surface area contributed by atoms with Gasteiger partial charge in [-0.15, -0.1) is 0 Å². The summed E-state index contributed by atoms with van der Waals surface area (Å²) in [5.74, 6) is 0.292. The highest BCUT2D eigenvalue weighted by molar-refractivity contribution is 9.10. The Labute approximate surface area is 122 Å². The van der Waals surface area contributed by atoms with Gasteiger partial charge in [-0.3, -0.25) is 0 Å². The van der Waals surface area contributed by atoms with Crippen LogP contribution in [0.25, 0.3) is 0 Å². The first kappa shape index (κ1) is 12.9. The van der Waals surface area contributed by atoms with Gasteiger partial charge in [0.15, 0.2) is 0 Å². The van der Waals surface area contributed by atoms with Crippen LogP contribution in [0.15, 0.2) is 53.0 Å². The van der Waals surface area contributed by atoms with Gasteiger partial charge in [-0.2, -0.15) is 0 Å². The second-order valence-corrected chi connectivity index (χ2v) is 6.16. The molecule has 0 saturated heterocycles. The molecule has 1 N–H and O–H groups in total. The molecule has 0 aromatic heterocycles. The first-order valence-electron chi connectivity index (χ1n) is 6.74. The molecule has 0 radical (unpaired) electrons. The number of rotatable bonds is 3. The fraction of sp³-hybridized carbons (Fsp3) is 0.294. The maximum Gasteiger partial charge on any atom is 0.0649 e. The van der Waals surface area contributed by atoms with Crippen LogP contribution in [0.4, 0.5) is 0 Å². The molecule has 19 heavy (non-hydrogen) atoms. The molecule has 0 amide bonds. The van der Waals surface area contributed by atoms with Crippen molar-refractivity contribution in [2.75, 3.05) is 0 Å². The minimum atomic E-state index is -0.287. The maximum atomic E-state index is 10.5. The fourth-order valence-electron chi connectivity index (χ4n) is 2.99. The van der Waals surface area contributed by atoms with Crippen LogP contribution in [0.1, 0.15) is 29.0 Å². The molecular weight excluding hydrogens is 300 g/mol. The average Bonchev–Trinajstić information content (AvgIpc) is 2.85. The van der Waals surface area contributed by atoms with Gasteiger partial charge in [0.2, 0.25) is 0 Å². The second kappa shape index (κ2) is 5.48. The highest BCUT2D eigenvalue weighted by atomic mass is 79.9. The number of aryl methyl sites for hydroxylation is 1. The largest absolute Gasteiger partial charge is 0.392 e. The maximum absolute atomic E-state index is 10.5. The molecule has 2 atom stereocenters. The molecule has 0 aliphatic heterocycles. The SMILES string of the molecule is OC(Cc1ccc(Br)cc1)C1CCc2ccccc21. The molecule has 2 aromatic rings. The van der Waals surface area contributed by atoms with Crippen molar-refractivity contribution >= 4 is 15.9 Å². The highest BCUT2D eigenvalue weighted by Crippen LogP contribution is 2.36. The van der Waals surface area contributed by atoms with Crippen LogP contribution in [0.2, 0.25) is 0 Å². The summed E-state index contributed by atoms with van der Waals surface area (Å²) in [5, 5.41) is 10.5. The third-order valence-corrected chi connectivity index (χ3v) is 4.53. The topological polar surface area (TPSA) is 20.2 Å². The van der Waals surface area contributed by atoms with Gasteiger partial charge in [0.1, 0.15) is 0 Å². The standard InChI is InChI=1S/C17H17BrO/c18-14-8-5-12(6-9-14)11-17(19)16-10-7-13-3-1-2-4-15(13)16/h1-6,8-9,16-17,19H,7,10-11H2. The molecule has 3 rings (SSSR count). The van der Waals surface area contributed by atoms with E-state index >= 15 is 0 Å². The van der Waals surface area contributed by atoms with Gasteiger partial charge in [-0.25, -0.2) is 0 Å². The van der Waals surface area contributed by atoms with Crippen molar-refractivity contribution in [3.63, 3.8) is 0 Å². The molecule has 1 aliphatic carbocycles. The van der Waals surface area contributed by atoms with Crippen LogP contribution in [-0.2, 0) is 12.8 Å². The van der Waals surface area contributed by atoms with Crippen molar-refractivity contribution < 1.29 is 5.11 Å². The van der Waals surface area contributed by atoms with Gasteiger partial charge in [0.25, 0.3) is 0 Å². The van der Waals surface area contributed by atoms with Crippen molar-refractivity contribution in [1.29, 1.82) is 0 Å². The van der Waals surface area contributed by atoms with Crippen molar-refractivity contribution in [2.45, 2.75) is 31.3 Å².